The predicted molar refractivity (Wildman–Crippen MR) is 142 cm³/mol. The molecule has 33 heavy (non-hydrogen) atoms. The van der Waals surface area contributed by atoms with Crippen molar-refractivity contribution in [2.75, 3.05) is 19.8 Å². The Morgan fingerprint density at radius 2 is 1.45 bits per heavy atom. The van der Waals surface area contributed by atoms with E-state index in [1.807, 2.05) is 0 Å². The minimum Gasteiger partial charge on any atom is -0.463 e. The SMILES string of the molecule is CCCCCCCCCCCCCCCC[SiH2]CCOCCOC(=O)CCCc1cnc[nH]1. The fourth-order valence-corrected chi connectivity index (χ4v) is 5.63. The molecule has 0 bridgehead atoms. The van der Waals surface area contributed by atoms with Crippen molar-refractivity contribution in [2.24, 2.45) is 0 Å². The molecule has 0 aliphatic rings. The first kappa shape index (κ1) is 29.9. The molecule has 0 fully saturated rings. The van der Waals surface area contributed by atoms with Crippen LogP contribution in [0.25, 0.3) is 0 Å². The molecule has 5 nitrogen and oxygen atoms in total. The number of nitrogens with one attached hydrogen (secondary N) is 1. The van der Waals surface area contributed by atoms with Gasteiger partial charge in [-0.05, 0) is 18.9 Å². The second kappa shape index (κ2) is 24.0. The molecule has 0 aromatic carbocycles. The van der Waals surface area contributed by atoms with E-state index >= 15 is 0 Å². The number of nitrogens with zero attached hydrogens (tertiary/aromatic N) is 1. The average molecular weight is 481 g/mol. The van der Waals surface area contributed by atoms with Crippen molar-refractivity contribution in [1.82, 2.24) is 9.97 Å². The summed E-state index contributed by atoms with van der Waals surface area (Å²) < 4.78 is 10.8. The normalized spacial score (nSPS) is 11.5. The second-order valence-corrected chi connectivity index (χ2v) is 11.5. The minimum absolute atomic E-state index is 0.0266. The van der Waals surface area contributed by atoms with Crippen LogP contribution in [0, 0.1) is 0 Å². The molecule has 0 amide bonds. The highest BCUT2D eigenvalue weighted by atomic mass is 28.2. The number of hydrogen-bond donors (Lipinski definition) is 1. The van der Waals surface area contributed by atoms with Gasteiger partial charge in [-0.1, -0.05) is 103 Å². The van der Waals surface area contributed by atoms with E-state index in [4.69, 9.17) is 9.47 Å². The molecule has 0 aliphatic heterocycles. The number of H-pyrrole nitrogens is 1. The summed E-state index contributed by atoms with van der Waals surface area (Å²) in [6.45, 7) is 4.03. The Labute approximate surface area is 206 Å². The van der Waals surface area contributed by atoms with Gasteiger partial charge in [0, 0.05) is 34.4 Å². The monoisotopic (exact) mass is 480 g/mol. The fourth-order valence-electron chi connectivity index (χ4n) is 4.16. The number of imidazole rings is 1. The highest BCUT2D eigenvalue weighted by Crippen LogP contribution is 2.13. The molecule has 1 aromatic rings. The van der Waals surface area contributed by atoms with E-state index < -0.39 is 0 Å². The summed E-state index contributed by atoms with van der Waals surface area (Å²) in [6, 6.07) is 2.70. The van der Waals surface area contributed by atoms with Crippen molar-refractivity contribution in [3.05, 3.63) is 18.2 Å². The van der Waals surface area contributed by atoms with E-state index in [1.165, 1.54) is 102 Å². The Hall–Kier alpha value is -1.14. The van der Waals surface area contributed by atoms with Crippen molar-refractivity contribution in [3.63, 3.8) is 0 Å². The molecule has 1 heterocycles. The lowest BCUT2D eigenvalue weighted by molar-refractivity contribution is -0.145. The molecule has 0 atom stereocenters. The maximum absolute atomic E-state index is 11.7. The van der Waals surface area contributed by atoms with Crippen LogP contribution in [0.2, 0.25) is 12.1 Å². The number of esters is 1. The van der Waals surface area contributed by atoms with Crippen molar-refractivity contribution in [2.45, 2.75) is 128 Å². The third kappa shape index (κ3) is 21.1. The predicted octanol–water partition coefficient (Wildman–Crippen LogP) is 6.78. The van der Waals surface area contributed by atoms with Gasteiger partial charge in [0.05, 0.1) is 12.9 Å². The van der Waals surface area contributed by atoms with Crippen LogP contribution in [0.4, 0.5) is 0 Å². The number of aromatic amines is 1. The van der Waals surface area contributed by atoms with Gasteiger partial charge in [0.25, 0.3) is 0 Å². The van der Waals surface area contributed by atoms with Gasteiger partial charge in [0.2, 0.25) is 0 Å². The summed E-state index contributed by atoms with van der Waals surface area (Å²) in [6.07, 6.45) is 25.6. The summed E-state index contributed by atoms with van der Waals surface area (Å²) >= 11 is 0. The zero-order valence-electron chi connectivity index (χ0n) is 21.6. The molecule has 0 spiro atoms. The molecule has 0 saturated carbocycles. The van der Waals surface area contributed by atoms with E-state index in [-0.39, 0.29) is 15.5 Å². The second-order valence-electron chi connectivity index (χ2n) is 9.42. The van der Waals surface area contributed by atoms with Gasteiger partial charge >= 0.3 is 5.97 Å². The maximum atomic E-state index is 11.7. The lowest BCUT2D eigenvalue weighted by atomic mass is 10.0. The van der Waals surface area contributed by atoms with Gasteiger partial charge in [-0.15, -0.1) is 0 Å². The number of aromatic nitrogens is 2. The number of aryl methyl sites for hydroxylation is 1. The fraction of sp³-hybridized carbons (Fsp3) is 0.852. The quantitative estimate of drug-likeness (QED) is 0.0951. The van der Waals surface area contributed by atoms with Gasteiger partial charge in [-0.25, -0.2) is 4.98 Å². The van der Waals surface area contributed by atoms with Crippen LogP contribution in [0.5, 0.6) is 0 Å². The van der Waals surface area contributed by atoms with E-state index in [1.54, 1.807) is 12.5 Å². The van der Waals surface area contributed by atoms with Crippen molar-refractivity contribution in [1.29, 1.82) is 0 Å². The Kier molecular flexibility index (Phi) is 21.7. The van der Waals surface area contributed by atoms with Crippen LogP contribution in [-0.2, 0) is 20.7 Å². The lowest BCUT2D eigenvalue weighted by Crippen LogP contribution is -2.11. The Morgan fingerprint density at radius 1 is 0.818 bits per heavy atom. The van der Waals surface area contributed by atoms with Crippen molar-refractivity contribution in [3.8, 4) is 0 Å². The third-order valence-electron chi connectivity index (χ3n) is 6.26. The van der Waals surface area contributed by atoms with Crippen molar-refractivity contribution >= 4 is 15.5 Å². The third-order valence-corrected chi connectivity index (χ3v) is 8.05. The Morgan fingerprint density at radius 3 is 2.06 bits per heavy atom. The molecule has 0 radical (unpaired) electrons. The van der Waals surface area contributed by atoms with Gasteiger partial charge in [-0.2, -0.15) is 0 Å². The van der Waals surface area contributed by atoms with Crippen molar-refractivity contribution < 1.29 is 14.3 Å². The van der Waals surface area contributed by atoms with Crippen LogP contribution in [0.1, 0.15) is 115 Å². The summed E-state index contributed by atoms with van der Waals surface area (Å²) in [4.78, 5) is 18.7. The van der Waals surface area contributed by atoms with Gasteiger partial charge < -0.3 is 14.5 Å². The van der Waals surface area contributed by atoms with E-state index in [0.29, 0.717) is 19.6 Å². The average Bonchev–Trinajstić information content (AvgIpc) is 3.33. The summed E-state index contributed by atoms with van der Waals surface area (Å²) in [5.41, 5.74) is 1.06. The molecular formula is C27H52N2O3Si. The molecule has 1 rings (SSSR count). The number of rotatable bonds is 25. The zero-order valence-corrected chi connectivity index (χ0v) is 23.0. The lowest BCUT2D eigenvalue weighted by Gasteiger charge is -2.06. The van der Waals surface area contributed by atoms with Crippen LogP contribution < -0.4 is 0 Å². The molecule has 0 unspecified atom stereocenters. The van der Waals surface area contributed by atoms with E-state index in [2.05, 4.69) is 16.9 Å². The maximum Gasteiger partial charge on any atom is 0.305 e. The topological polar surface area (TPSA) is 64.2 Å². The number of unbranched alkanes of at least 4 members (excludes halogenated alkanes) is 13. The number of hydrogen-bond acceptors (Lipinski definition) is 4. The molecule has 0 saturated heterocycles. The number of carbonyl (C=O) groups excluding carboxylic acids is 1. The Balaban J connectivity index is 1.68. The number of ether oxygens (including phenoxy) is 2. The molecule has 1 N–H and O–H groups in total. The minimum atomic E-state index is -0.134. The number of carbonyl (C=O) groups is 1. The smallest absolute Gasteiger partial charge is 0.305 e. The molecule has 6 heteroatoms. The summed E-state index contributed by atoms with van der Waals surface area (Å²) in [7, 11) is 0.0266. The molecule has 1 aromatic heterocycles. The first-order valence-electron chi connectivity index (χ1n) is 14.0. The van der Waals surface area contributed by atoms with Gasteiger partial charge in [0.15, 0.2) is 0 Å². The summed E-state index contributed by atoms with van der Waals surface area (Å²) in [5, 5.41) is 0. The standard InChI is InChI=1S/C27H52N2O3Si/c1-2-3-4-5-6-7-8-9-10-11-12-13-14-15-22-33-23-21-31-19-20-32-27(30)18-16-17-26-24-28-25-29-26/h24-25H,2-23,33H2,1H3,(H,28,29). The van der Waals surface area contributed by atoms with Gasteiger partial charge in [-0.3, -0.25) is 4.79 Å². The molecule has 0 aliphatic carbocycles. The van der Waals surface area contributed by atoms with E-state index in [0.717, 1.165) is 25.1 Å². The van der Waals surface area contributed by atoms with Crippen LogP contribution in [0.3, 0.4) is 0 Å². The molecular weight excluding hydrogens is 428 g/mol. The van der Waals surface area contributed by atoms with E-state index in [9.17, 15) is 4.79 Å². The highest BCUT2D eigenvalue weighted by molar-refractivity contribution is 6.35. The van der Waals surface area contributed by atoms with Crippen LogP contribution in [-0.4, -0.2) is 45.3 Å². The van der Waals surface area contributed by atoms with Gasteiger partial charge in [0.1, 0.15) is 6.61 Å². The largest absolute Gasteiger partial charge is 0.463 e. The first-order chi connectivity index (χ1) is 16.3. The van der Waals surface area contributed by atoms with Crippen LogP contribution in [0.15, 0.2) is 12.5 Å². The first-order valence-corrected chi connectivity index (χ1v) is 16.0. The highest BCUT2D eigenvalue weighted by Gasteiger charge is 2.03. The summed E-state index contributed by atoms with van der Waals surface area (Å²) in [5.74, 6) is -0.134. The molecule has 192 valence electrons. The Bertz CT molecular complexity index is 525. The zero-order chi connectivity index (χ0) is 23.7. The van der Waals surface area contributed by atoms with Crippen LogP contribution >= 0.6 is 0 Å².